The van der Waals surface area contributed by atoms with E-state index in [9.17, 15) is 4.79 Å². The third-order valence-corrected chi connectivity index (χ3v) is 2.92. The van der Waals surface area contributed by atoms with Crippen molar-refractivity contribution in [1.82, 2.24) is 14.5 Å². The number of hydrogen-bond acceptors (Lipinski definition) is 3. The number of hydrogen-bond donors (Lipinski definition) is 1. The van der Waals surface area contributed by atoms with E-state index in [1.807, 2.05) is 31.3 Å². The standard InChI is InChI=1S/C14H18N4O/c1-17-9-13(16-10-17)14(19)18(2)8-12-5-3-4-11(6-12)7-15/h3-6,9-10H,7-8,15H2,1-2H3. The van der Waals surface area contributed by atoms with Gasteiger partial charge in [0.2, 0.25) is 0 Å². The minimum atomic E-state index is -0.0845. The van der Waals surface area contributed by atoms with Gasteiger partial charge in [0, 0.05) is 33.4 Å². The molecule has 0 aliphatic rings. The molecule has 5 heteroatoms. The Morgan fingerprint density at radius 2 is 2.16 bits per heavy atom. The first-order valence-corrected chi connectivity index (χ1v) is 6.11. The summed E-state index contributed by atoms with van der Waals surface area (Å²) in [7, 11) is 3.61. The van der Waals surface area contributed by atoms with Gasteiger partial charge in [0.15, 0.2) is 0 Å². The maximum Gasteiger partial charge on any atom is 0.274 e. The Hall–Kier alpha value is -2.14. The van der Waals surface area contributed by atoms with Gasteiger partial charge in [0.05, 0.1) is 6.33 Å². The van der Waals surface area contributed by atoms with Crippen LogP contribution in [0.2, 0.25) is 0 Å². The van der Waals surface area contributed by atoms with E-state index in [-0.39, 0.29) is 5.91 Å². The van der Waals surface area contributed by atoms with Gasteiger partial charge in [-0.2, -0.15) is 0 Å². The van der Waals surface area contributed by atoms with Crippen LogP contribution in [-0.2, 0) is 20.1 Å². The molecule has 1 amide bonds. The van der Waals surface area contributed by atoms with Crippen molar-refractivity contribution < 1.29 is 4.79 Å². The second-order valence-electron chi connectivity index (χ2n) is 4.61. The monoisotopic (exact) mass is 258 g/mol. The molecule has 0 radical (unpaired) electrons. The lowest BCUT2D eigenvalue weighted by Gasteiger charge is -2.16. The highest BCUT2D eigenvalue weighted by Crippen LogP contribution is 2.09. The van der Waals surface area contributed by atoms with Gasteiger partial charge in [-0.3, -0.25) is 4.79 Å². The second kappa shape index (κ2) is 5.67. The third-order valence-electron chi connectivity index (χ3n) is 2.92. The Bertz CT molecular complexity index is 576. The fourth-order valence-electron chi connectivity index (χ4n) is 1.92. The van der Waals surface area contributed by atoms with E-state index in [0.717, 1.165) is 11.1 Å². The lowest BCUT2D eigenvalue weighted by atomic mass is 10.1. The molecule has 1 heterocycles. The molecule has 0 spiro atoms. The average Bonchev–Trinajstić information content (AvgIpc) is 2.84. The molecular weight excluding hydrogens is 240 g/mol. The summed E-state index contributed by atoms with van der Waals surface area (Å²) in [6.07, 6.45) is 3.34. The highest BCUT2D eigenvalue weighted by molar-refractivity contribution is 5.91. The second-order valence-corrected chi connectivity index (χ2v) is 4.61. The number of imidazole rings is 1. The van der Waals surface area contributed by atoms with E-state index in [0.29, 0.717) is 18.8 Å². The number of rotatable bonds is 4. The SMILES string of the molecule is CN(Cc1cccc(CN)c1)C(=O)c1cn(C)cn1. The molecule has 0 fully saturated rings. The number of nitrogens with zero attached hydrogens (tertiary/aromatic N) is 3. The van der Waals surface area contributed by atoms with Crippen LogP contribution in [0.1, 0.15) is 21.6 Å². The van der Waals surface area contributed by atoms with Crippen LogP contribution in [-0.4, -0.2) is 27.4 Å². The van der Waals surface area contributed by atoms with Crippen LogP contribution < -0.4 is 5.73 Å². The normalized spacial score (nSPS) is 10.5. The number of carbonyl (C=O) groups is 1. The Morgan fingerprint density at radius 3 is 2.79 bits per heavy atom. The predicted octanol–water partition coefficient (Wildman–Crippen LogP) is 1.15. The summed E-state index contributed by atoms with van der Waals surface area (Å²) in [6, 6.07) is 7.93. The first-order chi connectivity index (χ1) is 9.10. The number of amides is 1. The minimum Gasteiger partial charge on any atom is -0.340 e. The maximum absolute atomic E-state index is 12.1. The van der Waals surface area contributed by atoms with Gasteiger partial charge in [0.25, 0.3) is 5.91 Å². The molecule has 0 bridgehead atoms. The maximum atomic E-state index is 12.1. The number of aryl methyl sites for hydroxylation is 1. The molecule has 2 rings (SSSR count). The van der Waals surface area contributed by atoms with E-state index in [2.05, 4.69) is 4.98 Å². The molecule has 0 saturated heterocycles. The summed E-state index contributed by atoms with van der Waals surface area (Å²) in [4.78, 5) is 17.9. The largest absolute Gasteiger partial charge is 0.340 e. The van der Waals surface area contributed by atoms with Crippen molar-refractivity contribution in [2.45, 2.75) is 13.1 Å². The lowest BCUT2D eigenvalue weighted by Crippen LogP contribution is -2.26. The molecule has 0 atom stereocenters. The van der Waals surface area contributed by atoms with E-state index in [1.54, 1.807) is 29.0 Å². The van der Waals surface area contributed by atoms with E-state index in [4.69, 9.17) is 5.73 Å². The fourth-order valence-corrected chi connectivity index (χ4v) is 1.92. The number of benzene rings is 1. The molecule has 100 valence electrons. The Labute approximate surface area is 112 Å². The zero-order chi connectivity index (χ0) is 13.8. The summed E-state index contributed by atoms with van der Waals surface area (Å²) >= 11 is 0. The molecule has 19 heavy (non-hydrogen) atoms. The van der Waals surface area contributed by atoms with Crippen LogP contribution in [0.3, 0.4) is 0 Å². The van der Waals surface area contributed by atoms with Crippen LogP contribution in [0.5, 0.6) is 0 Å². The molecule has 2 aromatic rings. The summed E-state index contributed by atoms with van der Waals surface area (Å²) in [6.45, 7) is 1.05. The Balaban J connectivity index is 2.07. The fraction of sp³-hybridized carbons (Fsp3) is 0.286. The van der Waals surface area contributed by atoms with Gasteiger partial charge in [-0.1, -0.05) is 24.3 Å². The molecule has 0 aliphatic carbocycles. The van der Waals surface area contributed by atoms with Gasteiger partial charge in [-0.05, 0) is 11.1 Å². The molecule has 0 saturated carbocycles. The van der Waals surface area contributed by atoms with Gasteiger partial charge >= 0.3 is 0 Å². The molecule has 1 aromatic carbocycles. The first-order valence-electron chi connectivity index (χ1n) is 6.11. The summed E-state index contributed by atoms with van der Waals surface area (Å²) in [5, 5.41) is 0. The van der Waals surface area contributed by atoms with Crippen molar-refractivity contribution in [3.05, 3.63) is 53.6 Å². The Morgan fingerprint density at radius 1 is 1.42 bits per heavy atom. The van der Waals surface area contributed by atoms with Crippen molar-refractivity contribution in [3.8, 4) is 0 Å². The molecule has 1 aromatic heterocycles. The van der Waals surface area contributed by atoms with Gasteiger partial charge in [-0.15, -0.1) is 0 Å². The summed E-state index contributed by atoms with van der Waals surface area (Å²) in [5.41, 5.74) is 8.20. The first kappa shape index (κ1) is 13.3. The van der Waals surface area contributed by atoms with Gasteiger partial charge in [-0.25, -0.2) is 4.98 Å². The number of carbonyl (C=O) groups excluding carboxylic acids is 1. The highest BCUT2D eigenvalue weighted by Gasteiger charge is 2.14. The van der Waals surface area contributed by atoms with Crippen LogP contribution in [0.25, 0.3) is 0 Å². The van der Waals surface area contributed by atoms with Crippen LogP contribution in [0.15, 0.2) is 36.8 Å². The molecule has 0 unspecified atom stereocenters. The van der Waals surface area contributed by atoms with Gasteiger partial charge < -0.3 is 15.2 Å². The third kappa shape index (κ3) is 3.20. The van der Waals surface area contributed by atoms with E-state index >= 15 is 0 Å². The van der Waals surface area contributed by atoms with Crippen LogP contribution in [0.4, 0.5) is 0 Å². The van der Waals surface area contributed by atoms with Crippen LogP contribution in [0, 0.1) is 0 Å². The molecule has 5 nitrogen and oxygen atoms in total. The smallest absolute Gasteiger partial charge is 0.274 e. The van der Waals surface area contributed by atoms with Gasteiger partial charge in [0.1, 0.15) is 5.69 Å². The quantitative estimate of drug-likeness (QED) is 0.894. The summed E-state index contributed by atoms with van der Waals surface area (Å²) < 4.78 is 1.76. The average molecular weight is 258 g/mol. The molecule has 0 aliphatic heterocycles. The van der Waals surface area contributed by atoms with E-state index < -0.39 is 0 Å². The zero-order valence-corrected chi connectivity index (χ0v) is 11.2. The topological polar surface area (TPSA) is 64.2 Å². The molecule has 2 N–H and O–H groups in total. The molecular formula is C14H18N4O. The van der Waals surface area contributed by atoms with E-state index in [1.165, 1.54) is 0 Å². The number of nitrogens with two attached hydrogens (primary N) is 1. The highest BCUT2D eigenvalue weighted by atomic mass is 16.2. The minimum absolute atomic E-state index is 0.0845. The van der Waals surface area contributed by atoms with Crippen molar-refractivity contribution in [2.24, 2.45) is 12.8 Å². The lowest BCUT2D eigenvalue weighted by molar-refractivity contribution is 0.0779. The van der Waals surface area contributed by atoms with Crippen molar-refractivity contribution in [2.75, 3.05) is 7.05 Å². The predicted molar refractivity (Wildman–Crippen MR) is 73.3 cm³/mol. The van der Waals surface area contributed by atoms with Crippen molar-refractivity contribution in [1.29, 1.82) is 0 Å². The van der Waals surface area contributed by atoms with Crippen molar-refractivity contribution >= 4 is 5.91 Å². The van der Waals surface area contributed by atoms with Crippen LogP contribution >= 0.6 is 0 Å². The Kier molecular flexibility index (Phi) is 3.97. The summed E-state index contributed by atoms with van der Waals surface area (Å²) in [5.74, 6) is -0.0845. The number of aromatic nitrogens is 2. The zero-order valence-electron chi connectivity index (χ0n) is 11.2. The van der Waals surface area contributed by atoms with Crippen molar-refractivity contribution in [3.63, 3.8) is 0 Å².